The summed E-state index contributed by atoms with van der Waals surface area (Å²) in [5.74, 6) is -0.569. The molecule has 0 radical (unpaired) electrons. The van der Waals surface area contributed by atoms with Crippen molar-refractivity contribution in [2.24, 2.45) is 0 Å². The minimum Gasteiger partial charge on any atom is -0.346 e. The van der Waals surface area contributed by atoms with Gasteiger partial charge < -0.3 is 10.2 Å². The Morgan fingerprint density at radius 1 is 1.03 bits per heavy atom. The quantitative estimate of drug-likeness (QED) is 0.752. The van der Waals surface area contributed by atoms with Crippen molar-refractivity contribution in [3.8, 4) is 0 Å². The van der Waals surface area contributed by atoms with Gasteiger partial charge in [-0.25, -0.2) is 8.42 Å². The molecule has 1 fully saturated rings. The highest BCUT2D eigenvalue weighted by Crippen LogP contribution is 2.30. The molecule has 0 saturated carbocycles. The van der Waals surface area contributed by atoms with Crippen molar-refractivity contribution < 1.29 is 26.4 Å². The Morgan fingerprint density at radius 2 is 1.68 bits per heavy atom. The molecule has 0 unspecified atom stereocenters. The van der Waals surface area contributed by atoms with E-state index in [1.54, 1.807) is 6.92 Å². The second-order valence-electron chi connectivity index (χ2n) is 7.55. The maximum Gasteiger partial charge on any atom is 0.416 e. The number of rotatable bonds is 5. The maximum absolute atomic E-state index is 12.9. The molecule has 1 heterocycles. The number of sulfonamides is 1. The third-order valence-corrected chi connectivity index (χ3v) is 7.15. The molecule has 2 aromatic carbocycles. The average Bonchev–Trinajstić information content (AvgIpc) is 2.73. The number of carbonyl (C=O) groups is 1. The van der Waals surface area contributed by atoms with E-state index in [9.17, 15) is 26.4 Å². The zero-order valence-electron chi connectivity index (χ0n) is 17.2. The highest BCUT2D eigenvalue weighted by atomic mass is 32.2. The molecule has 1 atom stereocenters. The number of likely N-dealkylation sites (N-methyl/N-ethyl adjacent to an activating group) is 1. The highest BCUT2D eigenvalue weighted by Gasteiger charge is 2.31. The Labute approximate surface area is 179 Å². The summed E-state index contributed by atoms with van der Waals surface area (Å²) in [7, 11) is -1.83. The summed E-state index contributed by atoms with van der Waals surface area (Å²) in [4.78, 5) is 14.7. The van der Waals surface area contributed by atoms with Crippen LogP contribution in [0.25, 0.3) is 0 Å². The van der Waals surface area contributed by atoms with Gasteiger partial charge in [-0.2, -0.15) is 17.5 Å². The van der Waals surface area contributed by atoms with Gasteiger partial charge in [-0.05, 0) is 49.9 Å². The van der Waals surface area contributed by atoms with E-state index in [4.69, 9.17) is 0 Å². The summed E-state index contributed by atoms with van der Waals surface area (Å²) in [6.07, 6.45) is -4.48. The Bertz CT molecular complexity index is 1050. The lowest BCUT2D eigenvalue weighted by Gasteiger charge is -2.31. The van der Waals surface area contributed by atoms with Gasteiger partial charge in [-0.1, -0.05) is 18.2 Å². The van der Waals surface area contributed by atoms with Crippen molar-refractivity contribution in [1.29, 1.82) is 0 Å². The number of piperazine rings is 1. The fraction of sp³-hybridized carbons (Fsp3) is 0.381. The second-order valence-corrected chi connectivity index (χ2v) is 9.49. The van der Waals surface area contributed by atoms with E-state index in [0.717, 1.165) is 12.1 Å². The molecule has 168 valence electrons. The van der Waals surface area contributed by atoms with Crippen molar-refractivity contribution in [2.75, 3.05) is 33.2 Å². The van der Waals surface area contributed by atoms with Crippen LogP contribution in [0.2, 0.25) is 0 Å². The smallest absolute Gasteiger partial charge is 0.346 e. The van der Waals surface area contributed by atoms with Crippen molar-refractivity contribution in [1.82, 2.24) is 14.5 Å². The molecular weight excluding hydrogens is 431 g/mol. The largest absolute Gasteiger partial charge is 0.416 e. The normalized spacial score (nSPS) is 17.3. The lowest BCUT2D eigenvalue weighted by molar-refractivity contribution is -0.137. The highest BCUT2D eigenvalue weighted by molar-refractivity contribution is 7.89. The molecule has 2 aromatic rings. The minimum atomic E-state index is -4.48. The number of nitrogens with zero attached hydrogens (tertiary/aromatic N) is 2. The summed E-state index contributed by atoms with van der Waals surface area (Å²) >= 11 is 0. The molecule has 1 N–H and O–H groups in total. The zero-order chi connectivity index (χ0) is 22.8. The van der Waals surface area contributed by atoms with Gasteiger partial charge in [0.2, 0.25) is 10.0 Å². The van der Waals surface area contributed by atoms with Crippen LogP contribution >= 0.6 is 0 Å². The number of halogens is 3. The van der Waals surface area contributed by atoms with Crippen LogP contribution in [-0.2, 0) is 16.2 Å². The van der Waals surface area contributed by atoms with E-state index in [-0.39, 0.29) is 10.5 Å². The van der Waals surface area contributed by atoms with Crippen LogP contribution in [0.15, 0.2) is 53.4 Å². The summed E-state index contributed by atoms with van der Waals surface area (Å²) < 4.78 is 66.0. The van der Waals surface area contributed by atoms with Crippen LogP contribution in [0.1, 0.15) is 34.5 Å². The summed E-state index contributed by atoms with van der Waals surface area (Å²) in [5, 5.41) is 2.63. The van der Waals surface area contributed by atoms with Crippen LogP contribution < -0.4 is 5.32 Å². The Kier molecular flexibility index (Phi) is 6.73. The first kappa shape index (κ1) is 23.2. The summed E-state index contributed by atoms with van der Waals surface area (Å²) in [6.45, 7) is 3.53. The molecule has 6 nitrogen and oxygen atoms in total. The van der Waals surface area contributed by atoms with Crippen LogP contribution in [-0.4, -0.2) is 56.8 Å². The molecular formula is C21H24F3N3O3S. The van der Waals surface area contributed by atoms with E-state index in [1.807, 2.05) is 11.9 Å². The van der Waals surface area contributed by atoms with Gasteiger partial charge in [-0.3, -0.25) is 4.79 Å². The number of amides is 1. The monoisotopic (exact) mass is 455 g/mol. The lowest BCUT2D eigenvalue weighted by Crippen LogP contribution is -2.47. The fourth-order valence-corrected chi connectivity index (χ4v) is 4.79. The molecule has 0 spiro atoms. The van der Waals surface area contributed by atoms with E-state index in [1.165, 1.54) is 40.7 Å². The van der Waals surface area contributed by atoms with Crippen LogP contribution in [0, 0.1) is 0 Å². The number of benzene rings is 2. The van der Waals surface area contributed by atoms with Gasteiger partial charge >= 0.3 is 6.18 Å². The molecule has 1 aliphatic heterocycles. The zero-order valence-corrected chi connectivity index (χ0v) is 18.0. The Hall–Kier alpha value is -2.43. The molecule has 0 bridgehead atoms. The van der Waals surface area contributed by atoms with Crippen LogP contribution in [0.4, 0.5) is 13.2 Å². The Morgan fingerprint density at radius 3 is 2.32 bits per heavy atom. The predicted molar refractivity (Wildman–Crippen MR) is 110 cm³/mol. The average molecular weight is 456 g/mol. The van der Waals surface area contributed by atoms with Gasteiger partial charge in [0.25, 0.3) is 5.91 Å². The first-order valence-electron chi connectivity index (χ1n) is 9.75. The molecule has 1 amide bonds. The third-order valence-electron chi connectivity index (χ3n) is 5.26. The van der Waals surface area contributed by atoms with Crippen LogP contribution in [0.3, 0.4) is 0 Å². The standard InChI is InChI=1S/C21H24F3N3O3S/c1-15(16-5-3-7-18(13-16)21(22,23)24)25-20(28)17-6-4-8-19(14-17)31(29,30)27-11-9-26(2)10-12-27/h3-8,13-15H,9-12H2,1-2H3,(H,25,28)/t15-/m1/s1. The van der Waals surface area contributed by atoms with Gasteiger partial charge in [0.1, 0.15) is 0 Å². The number of carbonyl (C=O) groups excluding carboxylic acids is 1. The molecule has 1 aliphatic rings. The number of alkyl halides is 3. The van der Waals surface area contributed by atoms with Crippen molar-refractivity contribution in [3.63, 3.8) is 0 Å². The number of nitrogens with one attached hydrogen (secondary N) is 1. The molecule has 3 rings (SSSR count). The van der Waals surface area contributed by atoms with Crippen molar-refractivity contribution in [2.45, 2.75) is 24.0 Å². The molecule has 0 aromatic heterocycles. The third kappa shape index (κ3) is 5.44. The topological polar surface area (TPSA) is 69.7 Å². The summed E-state index contributed by atoms with van der Waals surface area (Å²) in [6, 6.07) is 9.70. The van der Waals surface area contributed by atoms with E-state index in [2.05, 4.69) is 5.32 Å². The first-order chi connectivity index (χ1) is 14.5. The van der Waals surface area contributed by atoms with E-state index in [0.29, 0.717) is 31.7 Å². The fourth-order valence-electron chi connectivity index (χ4n) is 3.32. The maximum atomic E-state index is 12.9. The van der Waals surface area contributed by atoms with Gasteiger partial charge in [0.15, 0.2) is 0 Å². The summed E-state index contributed by atoms with van der Waals surface area (Å²) in [5.41, 5.74) is -0.384. The number of hydrogen-bond acceptors (Lipinski definition) is 4. The van der Waals surface area contributed by atoms with E-state index >= 15 is 0 Å². The molecule has 0 aliphatic carbocycles. The van der Waals surface area contributed by atoms with Crippen molar-refractivity contribution >= 4 is 15.9 Å². The van der Waals surface area contributed by atoms with E-state index < -0.39 is 33.7 Å². The minimum absolute atomic E-state index is 0.0106. The second kappa shape index (κ2) is 8.97. The van der Waals surface area contributed by atoms with Gasteiger partial charge in [-0.15, -0.1) is 0 Å². The van der Waals surface area contributed by atoms with Gasteiger partial charge in [0, 0.05) is 31.7 Å². The Balaban J connectivity index is 1.76. The first-order valence-corrected chi connectivity index (χ1v) is 11.2. The number of hydrogen-bond donors (Lipinski definition) is 1. The molecule has 10 heteroatoms. The molecule has 31 heavy (non-hydrogen) atoms. The predicted octanol–water partition coefficient (Wildman–Crippen LogP) is 3.13. The van der Waals surface area contributed by atoms with Crippen molar-refractivity contribution in [3.05, 3.63) is 65.2 Å². The lowest BCUT2D eigenvalue weighted by atomic mass is 10.0. The SMILES string of the molecule is C[C@@H](NC(=O)c1cccc(S(=O)(=O)N2CCN(C)CC2)c1)c1cccc(C(F)(F)F)c1. The van der Waals surface area contributed by atoms with Crippen LogP contribution in [0.5, 0.6) is 0 Å². The molecule has 1 saturated heterocycles. The van der Waals surface area contributed by atoms with Gasteiger partial charge in [0.05, 0.1) is 16.5 Å².